The molecule has 3 aromatic rings. The number of ether oxygens (including phenoxy) is 2. The van der Waals surface area contributed by atoms with Gasteiger partial charge in [-0.15, -0.1) is 0 Å². The summed E-state index contributed by atoms with van der Waals surface area (Å²) in [7, 11) is 3.34. The van der Waals surface area contributed by atoms with Crippen LogP contribution in [0.4, 0.5) is 0 Å². The monoisotopic (exact) mass is 379 g/mol. The Hall–Kier alpha value is -2.86. The molecule has 0 saturated carbocycles. The first-order valence-electron chi connectivity index (χ1n) is 9.54. The molecule has 0 radical (unpaired) electrons. The number of benzene rings is 1. The first kappa shape index (κ1) is 18.5. The lowest BCUT2D eigenvalue weighted by molar-refractivity contribution is 0.240. The van der Waals surface area contributed by atoms with Gasteiger partial charge in [-0.05, 0) is 50.1 Å². The number of likely N-dealkylation sites (tertiary alicyclic amines) is 1. The van der Waals surface area contributed by atoms with Crippen LogP contribution in [-0.2, 0) is 6.54 Å². The van der Waals surface area contributed by atoms with Gasteiger partial charge in [-0.25, -0.2) is 4.98 Å². The van der Waals surface area contributed by atoms with E-state index in [4.69, 9.17) is 14.5 Å². The van der Waals surface area contributed by atoms with Crippen LogP contribution < -0.4 is 15.0 Å². The van der Waals surface area contributed by atoms with Crippen molar-refractivity contribution in [3.63, 3.8) is 0 Å². The van der Waals surface area contributed by atoms with Gasteiger partial charge in [0.2, 0.25) is 0 Å². The van der Waals surface area contributed by atoms with E-state index in [1.807, 2.05) is 31.2 Å². The molecular formula is C22H25N3O3. The molecule has 0 aliphatic carbocycles. The Morgan fingerprint density at radius 1 is 1.14 bits per heavy atom. The number of pyridine rings is 1. The van der Waals surface area contributed by atoms with Crippen molar-refractivity contribution in [3.05, 3.63) is 69.8 Å². The van der Waals surface area contributed by atoms with Crippen molar-refractivity contribution in [3.8, 4) is 11.5 Å². The van der Waals surface area contributed by atoms with Crippen molar-refractivity contribution in [2.45, 2.75) is 32.4 Å². The van der Waals surface area contributed by atoms with E-state index in [0.29, 0.717) is 12.2 Å². The van der Waals surface area contributed by atoms with E-state index in [-0.39, 0.29) is 11.6 Å². The van der Waals surface area contributed by atoms with Crippen molar-refractivity contribution in [1.82, 2.24) is 14.3 Å². The van der Waals surface area contributed by atoms with Gasteiger partial charge < -0.3 is 9.47 Å². The van der Waals surface area contributed by atoms with E-state index in [1.54, 1.807) is 30.9 Å². The number of aromatic nitrogens is 2. The average Bonchev–Trinajstić information content (AvgIpc) is 3.14. The maximum absolute atomic E-state index is 12.5. The van der Waals surface area contributed by atoms with Crippen LogP contribution in [0.15, 0.2) is 47.4 Å². The highest BCUT2D eigenvalue weighted by atomic mass is 16.5. The minimum absolute atomic E-state index is 0.0437. The minimum atomic E-state index is -0.0437. The van der Waals surface area contributed by atoms with Crippen LogP contribution in [-0.4, -0.2) is 35.0 Å². The van der Waals surface area contributed by atoms with Crippen LogP contribution in [0.25, 0.3) is 5.65 Å². The molecule has 1 aliphatic heterocycles. The molecule has 6 nitrogen and oxygen atoms in total. The van der Waals surface area contributed by atoms with E-state index in [1.165, 1.54) is 0 Å². The molecule has 0 bridgehead atoms. The molecule has 0 spiro atoms. The second-order valence-electron chi connectivity index (χ2n) is 7.25. The molecule has 146 valence electrons. The lowest BCUT2D eigenvalue weighted by Gasteiger charge is -2.26. The molecule has 0 N–H and O–H groups in total. The highest BCUT2D eigenvalue weighted by molar-refractivity contribution is 5.43. The molecule has 1 saturated heterocycles. The number of rotatable bonds is 5. The molecule has 1 aliphatic rings. The van der Waals surface area contributed by atoms with Gasteiger partial charge in [0, 0.05) is 36.5 Å². The Labute approximate surface area is 164 Å². The first-order valence-corrected chi connectivity index (χ1v) is 9.54. The highest BCUT2D eigenvalue weighted by Gasteiger charge is 2.29. The standard InChI is InChI=1S/C22H25N3O3/c1-15-8-10-25-21(11-15)23-16(12-22(25)26)14-24-9-4-5-19(24)18-7-6-17(27-2)13-20(18)28-3/h6-8,10-13,19H,4-5,9,14H2,1-3H3/t19-/m1/s1. The Kier molecular flexibility index (Phi) is 5.05. The van der Waals surface area contributed by atoms with Gasteiger partial charge in [0.15, 0.2) is 0 Å². The quantitative estimate of drug-likeness (QED) is 0.680. The fraction of sp³-hybridized carbons (Fsp3) is 0.364. The molecule has 1 atom stereocenters. The van der Waals surface area contributed by atoms with Gasteiger partial charge >= 0.3 is 0 Å². The molecule has 0 unspecified atom stereocenters. The predicted octanol–water partition coefficient (Wildman–Crippen LogP) is 3.36. The summed E-state index contributed by atoms with van der Waals surface area (Å²) in [5, 5.41) is 0. The summed E-state index contributed by atoms with van der Waals surface area (Å²) in [6, 6.07) is 11.7. The fourth-order valence-corrected chi connectivity index (χ4v) is 4.00. The number of hydrogen-bond acceptors (Lipinski definition) is 5. The van der Waals surface area contributed by atoms with Crippen molar-refractivity contribution in [1.29, 1.82) is 0 Å². The number of hydrogen-bond donors (Lipinski definition) is 0. The second-order valence-corrected chi connectivity index (χ2v) is 7.25. The molecule has 3 heterocycles. The van der Waals surface area contributed by atoms with Crippen LogP contribution >= 0.6 is 0 Å². The lowest BCUT2D eigenvalue weighted by Crippen LogP contribution is -2.25. The van der Waals surface area contributed by atoms with E-state index >= 15 is 0 Å². The maximum Gasteiger partial charge on any atom is 0.258 e. The predicted molar refractivity (Wildman–Crippen MR) is 108 cm³/mol. The number of nitrogens with zero attached hydrogens (tertiary/aromatic N) is 3. The van der Waals surface area contributed by atoms with Gasteiger partial charge in [-0.3, -0.25) is 14.1 Å². The third-order valence-electron chi connectivity index (χ3n) is 5.40. The van der Waals surface area contributed by atoms with Gasteiger partial charge in [0.25, 0.3) is 5.56 Å². The zero-order valence-electron chi connectivity index (χ0n) is 16.5. The molecule has 6 heteroatoms. The summed E-state index contributed by atoms with van der Waals surface area (Å²) in [6.07, 6.45) is 3.94. The first-order chi connectivity index (χ1) is 13.6. The van der Waals surface area contributed by atoms with Crippen LogP contribution in [0.1, 0.15) is 35.7 Å². The van der Waals surface area contributed by atoms with Crippen molar-refractivity contribution in [2.75, 3.05) is 20.8 Å². The van der Waals surface area contributed by atoms with E-state index in [9.17, 15) is 4.79 Å². The smallest absolute Gasteiger partial charge is 0.258 e. The molecule has 4 rings (SSSR count). The summed E-state index contributed by atoms with van der Waals surface area (Å²) in [6.45, 7) is 3.61. The Morgan fingerprint density at radius 2 is 2.00 bits per heavy atom. The highest BCUT2D eigenvalue weighted by Crippen LogP contribution is 2.39. The van der Waals surface area contributed by atoms with Crippen molar-refractivity contribution < 1.29 is 9.47 Å². The van der Waals surface area contributed by atoms with Crippen LogP contribution in [0.2, 0.25) is 0 Å². The number of fused-ring (bicyclic) bond motifs is 1. The summed E-state index contributed by atoms with van der Waals surface area (Å²) < 4.78 is 12.5. The van der Waals surface area contributed by atoms with Crippen LogP contribution in [0.5, 0.6) is 11.5 Å². The molecule has 28 heavy (non-hydrogen) atoms. The fourth-order valence-electron chi connectivity index (χ4n) is 4.00. The summed E-state index contributed by atoms with van der Waals surface area (Å²) in [5.41, 5.74) is 3.69. The molecule has 0 amide bonds. The normalized spacial score (nSPS) is 17.2. The van der Waals surface area contributed by atoms with E-state index < -0.39 is 0 Å². The van der Waals surface area contributed by atoms with Gasteiger partial charge in [-0.1, -0.05) is 6.07 Å². The Bertz CT molecular complexity index is 1060. The zero-order valence-corrected chi connectivity index (χ0v) is 16.5. The molecule has 1 aromatic carbocycles. The second kappa shape index (κ2) is 7.64. The third kappa shape index (κ3) is 3.47. The minimum Gasteiger partial charge on any atom is -0.497 e. The maximum atomic E-state index is 12.5. The Morgan fingerprint density at radius 3 is 2.79 bits per heavy atom. The van der Waals surface area contributed by atoms with Gasteiger partial charge in [0.05, 0.1) is 19.9 Å². The zero-order chi connectivity index (χ0) is 19.7. The van der Waals surface area contributed by atoms with Crippen molar-refractivity contribution in [2.24, 2.45) is 0 Å². The Balaban J connectivity index is 1.65. The summed E-state index contributed by atoms with van der Waals surface area (Å²) in [4.78, 5) is 19.6. The van der Waals surface area contributed by atoms with Gasteiger partial charge in [0.1, 0.15) is 17.1 Å². The van der Waals surface area contributed by atoms with Gasteiger partial charge in [-0.2, -0.15) is 0 Å². The largest absolute Gasteiger partial charge is 0.497 e. The lowest BCUT2D eigenvalue weighted by atomic mass is 10.0. The summed E-state index contributed by atoms with van der Waals surface area (Å²) >= 11 is 0. The van der Waals surface area contributed by atoms with E-state index in [2.05, 4.69) is 11.0 Å². The van der Waals surface area contributed by atoms with E-state index in [0.717, 1.165) is 47.7 Å². The third-order valence-corrected chi connectivity index (χ3v) is 5.40. The van der Waals surface area contributed by atoms with Crippen LogP contribution in [0, 0.1) is 6.92 Å². The number of methoxy groups -OCH3 is 2. The topological polar surface area (TPSA) is 56.1 Å². The summed E-state index contributed by atoms with van der Waals surface area (Å²) in [5.74, 6) is 1.61. The molecule has 1 fully saturated rings. The number of aryl methyl sites for hydroxylation is 1. The van der Waals surface area contributed by atoms with Crippen molar-refractivity contribution >= 4 is 5.65 Å². The molecule has 2 aromatic heterocycles. The average molecular weight is 379 g/mol. The molecular weight excluding hydrogens is 354 g/mol. The van der Waals surface area contributed by atoms with Crippen LogP contribution in [0.3, 0.4) is 0 Å². The SMILES string of the molecule is COc1ccc([C@H]2CCCN2Cc2cc(=O)n3ccc(C)cc3n2)c(OC)c1.